The second kappa shape index (κ2) is 7.98. The molecule has 1 atom stereocenters. The van der Waals surface area contributed by atoms with Crippen LogP contribution in [0.1, 0.15) is 11.6 Å². The molecule has 1 aliphatic heterocycles. The third-order valence-electron chi connectivity index (χ3n) is 4.95. The summed E-state index contributed by atoms with van der Waals surface area (Å²) in [6.07, 6.45) is 1.50. The number of ether oxygens (including phenoxy) is 1. The Morgan fingerprint density at radius 2 is 1.74 bits per heavy atom. The van der Waals surface area contributed by atoms with Crippen LogP contribution in [0.2, 0.25) is 0 Å². The van der Waals surface area contributed by atoms with E-state index in [1.165, 1.54) is 11.8 Å². The van der Waals surface area contributed by atoms with E-state index in [4.69, 9.17) is 4.74 Å². The first-order valence-corrected chi connectivity index (χ1v) is 9.07. The Labute approximate surface area is 156 Å². The van der Waals surface area contributed by atoms with Crippen molar-refractivity contribution < 1.29 is 13.5 Å². The normalized spacial score (nSPS) is 16.4. The molecule has 6 heteroatoms. The lowest BCUT2D eigenvalue weighted by atomic mass is 10.0. The maximum atomic E-state index is 14.4. The fraction of sp³-hybridized carbons (Fsp3) is 0.286. The molecule has 1 saturated heterocycles. The van der Waals surface area contributed by atoms with Crippen LogP contribution in [0.3, 0.4) is 0 Å². The molecule has 27 heavy (non-hydrogen) atoms. The molecule has 1 aliphatic rings. The molecule has 4 rings (SSSR count). The topological polar surface area (TPSA) is 37.4 Å². The predicted molar refractivity (Wildman–Crippen MR) is 102 cm³/mol. The summed E-state index contributed by atoms with van der Waals surface area (Å²) in [6.45, 7) is 3.63. The van der Waals surface area contributed by atoms with Crippen LogP contribution in [0.5, 0.6) is 0 Å². The van der Waals surface area contributed by atoms with Crippen molar-refractivity contribution in [2.75, 3.05) is 38.2 Å². The Bertz CT molecular complexity index is 914. The summed E-state index contributed by atoms with van der Waals surface area (Å²) in [5.74, 6) is -1.01. The molecule has 1 N–H and O–H groups in total. The van der Waals surface area contributed by atoms with E-state index in [0.717, 1.165) is 25.2 Å². The fourth-order valence-corrected chi connectivity index (χ4v) is 3.57. The minimum absolute atomic E-state index is 0.0441. The highest BCUT2D eigenvalue weighted by Gasteiger charge is 2.23. The fourth-order valence-electron chi connectivity index (χ4n) is 3.57. The molecule has 140 valence electrons. The number of aromatic nitrogens is 1. The van der Waals surface area contributed by atoms with E-state index in [1.807, 2.05) is 18.2 Å². The lowest BCUT2D eigenvalue weighted by Crippen LogP contribution is -2.41. The number of rotatable bonds is 5. The Kier molecular flexibility index (Phi) is 5.27. The lowest BCUT2D eigenvalue weighted by Gasteiger charge is -2.35. The van der Waals surface area contributed by atoms with E-state index in [1.54, 1.807) is 6.07 Å². The zero-order valence-electron chi connectivity index (χ0n) is 14.9. The maximum Gasteiger partial charge on any atom is 0.149 e. The van der Waals surface area contributed by atoms with Gasteiger partial charge in [0.15, 0.2) is 0 Å². The summed E-state index contributed by atoms with van der Waals surface area (Å²) in [6, 6.07) is 14.2. The van der Waals surface area contributed by atoms with Crippen molar-refractivity contribution in [1.29, 1.82) is 0 Å². The number of benzene rings is 2. The lowest BCUT2D eigenvalue weighted by molar-refractivity contribution is 0.0187. The molecule has 0 bridgehead atoms. The predicted octanol–water partition coefficient (Wildman–Crippen LogP) is 4.00. The monoisotopic (exact) mass is 369 g/mol. The molecule has 3 aromatic rings. The van der Waals surface area contributed by atoms with E-state index in [0.29, 0.717) is 25.4 Å². The van der Waals surface area contributed by atoms with Crippen molar-refractivity contribution in [3.05, 3.63) is 71.9 Å². The van der Waals surface area contributed by atoms with Gasteiger partial charge in [-0.05, 0) is 23.8 Å². The van der Waals surface area contributed by atoms with Crippen LogP contribution in [0.25, 0.3) is 10.9 Å². The van der Waals surface area contributed by atoms with Crippen LogP contribution in [0.4, 0.5) is 14.5 Å². The number of hydrogen-bond acceptors (Lipinski definition) is 4. The van der Waals surface area contributed by atoms with Gasteiger partial charge in [0.2, 0.25) is 0 Å². The minimum atomic E-state index is -0.525. The molecule has 1 aromatic heterocycles. The van der Waals surface area contributed by atoms with Gasteiger partial charge in [-0.2, -0.15) is 0 Å². The van der Waals surface area contributed by atoms with Crippen LogP contribution in [-0.2, 0) is 4.74 Å². The smallest absolute Gasteiger partial charge is 0.149 e. The van der Waals surface area contributed by atoms with Crippen molar-refractivity contribution >= 4 is 16.6 Å². The molecule has 0 amide bonds. The average molecular weight is 369 g/mol. The Morgan fingerprint density at radius 3 is 2.52 bits per heavy atom. The molecule has 2 aromatic carbocycles. The number of morpholine rings is 1. The number of nitrogens with zero attached hydrogens (tertiary/aromatic N) is 2. The molecular formula is C21H21F2N3O. The second-order valence-corrected chi connectivity index (χ2v) is 6.57. The van der Waals surface area contributed by atoms with Crippen molar-refractivity contribution in [3.8, 4) is 0 Å². The Balaban J connectivity index is 1.63. The number of halogens is 2. The van der Waals surface area contributed by atoms with Crippen molar-refractivity contribution in [2.24, 2.45) is 0 Å². The summed E-state index contributed by atoms with van der Waals surface area (Å²) in [5, 5.41) is 3.51. The SMILES string of the molecule is Fc1ccc(F)c2c(NCC(c3ccccc3)N3CCOCC3)ccnc12. The largest absolute Gasteiger partial charge is 0.382 e. The quantitative estimate of drug-likeness (QED) is 0.738. The highest BCUT2D eigenvalue weighted by atomic mass is 19.1. The molecule has 4 nitrogen and oxygen atoms in total. The molecule has 0 aliphatic carbocycles. The first-order valence-electron chi connectivity index (χ1n) is 9.07. The minimum Gasteiger partial charge on any atom is -0.382 e. The third kappa shape index (κ3) is 3.77. The van der Waals surface area contributed by atoms with Gasteiger partial charge in [-0.1, -0.05) is 30.3 Å². The van der Waals surface area contributed by atoms with Gasteiger partial charge < -0.3 is 10.1 Å². The highest BCUT2D eigenvalue weighted by molar-refractivity contribution is 5.91. The van der Waals surface area contributed by atoms with Gasteiger partial charge in [0.05, 0.1) is 24.6 Å². The zero-order valence-corrected chi connectivity index (χ0v) is 14.9. The van der Waals surface area contributed by atoms with Crippen LogP contribution in [0.15, 0.2) is 54.7 Å². The van der Waals surface area contributed by atoms with Gasteiger partial charge in [-0.3, -0.25) is 9.88 Å². The molecular weight excluding hydrogens is 348 g/mol. The molecule has 0 spiro atoms. The summed E-state index contributed by atoms with van der Waals surface area (Å²) in [5.41, 5.74) is 1.77. The molecule has 1 fully saturated rings. The number of nitrogens with one attached hydrogen (secondary N) is 1. The second-order valence-electron chi connectivity index (χ2n) is 6.57. The van der Waals surface area contributed by atoms with E-state index >= 15 is 0 Å². The first kappa shape index (κ1) is 17.8. The van der Waals surface area contributed by atoms with Gasteiger partial charge in [0, 0.05) is 31.5 Å². The number of anilines is 1. The molecule has 0 radical (unpaired) electrons. The van der Waals surface area contributed by atoms with Crippen LogP contribution >= 0.6 is 0 Å². The van der Waals surface area contributed by atoms with Gasteiger partial charge in [-0.25, -0.2) is 8.78 Å². The first-order chi connectivity index (χ1) is 13.2. The third-order valence-corrected chi connectivity index (χ3v) is 4.95. The van der Waals surface area contributed by atoms with Gasteiger partial charge in [-0.15, -0.1) is 0 Å². The summed E-state index contributed by atoms with van der Waals surface area (Å²) in [4.78, 5) is 6.35. The number of fused-ring (bicyclic) bond motifs is 1. The van der Waals surface area contributed by atoms with Crippen molar-refractivity contribution in [2.45, 2.75) is 6.04 Å². The maximum absolute atomic E-state index is 14.4. The van der Waals surface area contributed by atoms with Crippen molar-refractivity contribution in [1.82, 2.24) is 9.88 Å². The van der Waals surface area contributed by atoms with Gasteiger partial charge in [0.25, 0.3) is 0 Å². The molecule has 2 heterocycles. The zero-order chi connectivity index (χ0) is 18.6. The summed E-state index contributed by atoms with van der Waals surface area (Å²) >= 11 is 0. The van der Waals surface area contributed by atoms with Crippen molar-refractivity contribution in [3.63, 3.8) is 0 Å². The average Bonchev–Trinajstić information content (AvgIpc) is 2.72. The van der Waals surface area contributed by atoms with E-state index in [-0.39, 0.29) is 16.9 Å². The van der Waals surface area contributed by atoms with Crippen LogP contribution in [-0.4, -0.2) is 42.7 Å². The van der Waals surface area contributed by atoms with E-state index < -0.39 is 11.6 Å². The van der Waals surface area contributed by atoms with Gasteiger partial charge >= 0.3 is 0 Å². The Morgan fingerprint density at radius 1 is 1.00 bits per heavy atom. The summed E-state index contributed by atoms with van der Waals surface area (Å²) < 4.78 is 33.9. The number of hydrogen-bond donors (Lipinski definition) is 1. The standard InChI is InChI=1S/C21H21F2N3O/c22-16-6-7-17(23)21-20(16)18(8-9-24-21)25-14-19(15-4-2-1-3-5-15)26-10-12-27-13-11-26/h1-9,19H,10-14H2,(H,24,25). The van der Waals surface area contributed by atoms with E-state index in [2.05, 4.69) is 27.3 Å². The van der Waals surface area contributed by atoms with Crippen LogP contribution < -0.4 is 5.32 Å². The molecule has 0 saturated carbocycles. The van der Waals surface area contributed by atoms with Crippen LogP contribution in [0, 0.1) is 11.6 Å². The summed E-state index contributed by atoms with van der Waals surface area (Å²) in [7, 11) is 0. The highest BCUT2D eigenvalue weighted by Crippen LogP contribution is 2.28. The number of pyridine rings is 1. The van der Waals surface area contributed by atoms with E-state index in [9.17, 15) is 8.78 Å². The molecule has 1 unspecified atom stereocenters. The van der Waals surface area contributed by atoms with Gasteiger partial charge in [0.1, 0.15) is 17.2 Å². The Hall–Kier alpha value is -2.57.